The van der Waals surface area contributed by atoms with Gasteiger partial charge >= 0.3 is 0 Å². The van der Waals surface area contributed by atoms with Crippen LogP contribution in [0.25, 0.3) is 0 Å². The van der Waals surface area contributed by atoms with Gasteiger partial charge < -0.3 is 5.73 Å². The summed E-state index contributed by atoms with van der Waals surface area (Å²) in [5.41, 5.74) is 7.40. The van der Waals surface area contributed by atoms with E-state index < -0.39 is 10.0 Å². The standard InChI is InChI=1S/C15H24N2O2S/c1-13-4-3-8-17(9-7-13)20(18,19)12-15-6-2-5-14(10-15)11-16/h2,5-6,10,13H,3-4,7-9,11-12,16H2,1H3. The molecule has 1 aliphatic rings. The van der Waals surface area contributed by atoms with Crippen molar-refractivity contribution in [1.29, 1.82) is 0 Å². The van der Waals surface area contributed by atoms with E-state index in [1.165, 1.54) is 0 Å². The second-order valence-corrected chi connectivity index (χ2v) is 7.68. The lowest BCUT2D eigenvalue weighted by molar-refractivity contribution is 0.416. The highest BCUT2D eigenvalue weighted by molar-refractivity contribution is 7.88. The average molecular weight is 296 g/mol. The zero-order valence-corrected chi connectivity index (χ0v) is 12.9. The number of rotatable bonds is 4. The van der Waals surface area contributed by atoms with Gasteiger partial charge in [0.15, 0.2) is 0 Å². The van der Waals surface area contributed by atoms with Crippen molar-refractivity contribution < 1.29 is 8.42 Å². The van der Waals surface area contributed by atoms with E-state index in [-0.39, 0.29) is 5.75 Å². The maximum atomic E-state index is 12.5. The Labute approximate surface area is 122 Å². The minimum Gasteiger partial charge on any atom is -0.326 e. The summed E-state index contributed by atoms with van der Waals surface area (Å²) in [5.74, 6) is 0.700. The first-order valence-electron chi connectivity index (χ1n) is 7.27. The molecule has 0 radical (unpaired) electrons. The zero-order valence-electron chi connectivity index (χ0n) is 12.1. The summed E-state index contributed by atoms with van der Waals surface area (Å²) in [4.78, 5) is 0. The third-order valence-corrected chi connectivity index (χ3v) is 5.80. The second-order valence-electron chi connectivity index (χ2n) is 5.72. The predicted molar refractivity (Wildman–Crippen MR) is 81.5 cm³/mol. The molecule has 0 aliphatic carbocycles. The molecule has 1 atom stereocenters. The van der Waals surface area contributed by atoms with Crippen molar-refractivity contribution in [3.63, 3.8) is 0 Å². The lowest BCUT2D eigenvalue weighted by atomic mass is 10.0. The van der Waals surface area contributed by atoms with Crippen molar-refractivity contribution in [2.75, 3.05) is 13.1 Å². The molecule has 20 heavy (non-hydrogen) atoms. The maximum absolute atomic E-state index is 12.5. The van der Waals surface area contributed by atoms with Crippen molar-refractivity contribution in [2.24, 2.45) is 11.7 Å². The largest absolute Gasteiger partial charge is 0.326 e. The van der Waals surface area contributed by atoms with Gasteiger partial charge in [0, 0.05) is 19.6 Å². The molecular formula is C15H24N2O2S. The van der Waals surface area contributed by atoms with Crippen LogP contribution >= 0.6 is 0 Å². The van der Waals surface area contributed by atoms with E-state index in [2.05, 4.69) is 6.92 Å². The Kier molecular flexibility index (Phi) is 5.18. The first-order valence-corrected chi connectivity index (χ1v) is 8.88. The van der Waals surface area contributed by atoms with E-state index in [1.54, 1.807) is 4.31 Å². The average Bonchev–Trinajstić information content (AvgIpc) is 2.64. The fourth-order valence-corrected chi connectivity index (χ4v) is 4.24. The number of hydrogen-bond acceptors (Lipinski definition) is 3. The number of nitrogens with zero attached hydrogens (tertiary/aromatic N) is 1. The summed E-state index contributed by atoms with van der Waals surface area (Å²) in [6, 6.07) is 7.54. The van der Waals surface area contributed by atoms with E-state index in [1.807, 2.05) is 24.3 Å². The molecule has 1 aromatic rings. The van der Waals surface area contributed by atoms with E-state index >= 15 is 0 Å². The van der Waals surface area contributed by atoms with Crippen molar-refractivity contribution in [3.05, 3.63) is 35.4 Å². The molecule has 2 N–H and O–H groups in total. The van der Waals surface area contributed by atoms with Gasteiger partial charge in [0.25, 0.3) is 0 Å². The zero-order chi connectivity index (χ0) is 14.6. The monoisotopic (exact) mass is 296 g/mol. The molecule has 4 nitrogen and oxygen atoms in total. The first-order chi connectivity index (χ1) is 9.51. The lowest BCUT2D eigenvalue weighted by Gasteiger charge is -2.20. The fourth-order valence-electron chi connectivity index (χ4n) is 2.66. The highest BCUT2D eigenvalue weighted by Crippen LogP contribution is 2.21. The van der Waals surface area contributed by atoms with Crippen LogP contribution in [0, 0.1) is 5.92 Å². The van der Waals surface area contributed by atoms with Gasteiger partial charge in [-0.2, -0.15) is 0 Å². The van der Waals surface area contributed by atoms with Gasteiger partial charge in [-0.1, -0.05) is 31.2 Å². The quantitative estimate of drug-likeness (QED) is 0.925. The van der Waals surface area contributed by atoms with E-state index in [0.29, 0.717) is 25.6 Å². The molecule has 5 heteroatoms. The molecule has 0 amide bonds. The van der Waals surface area contributed by atoms with Crippen LogP contribution in [0.15, 0.2) is 24.3 Å². The van der Waals surface area contributed by atoms with Gasteiger partial charge in [-0.15, -0.1) is 0 Å². The molecule has 1 saturated heterocycles. The number of hydrogen-bond donors (Lipinski definition) is 1. The van der Waals surface area contributed by atoms with Crippen LogP contribution < -0.4 is 5.73 Å². The van der Waals surface area contributed by atoms with Crippen LogP contribution in [-0.2, 0) is 22.3 Å². The van der Waals surface area contributed by atoms with Gasteiger partial charge in [0.05, 0.1) is 5.75 Å². The first kappa shape index (κ1) is 15.5. The number of nitrogens with two attached hydrogens (primary N) is 1. The highest BCUT2D eigenvalue weighted by Gasteiger charge is 2.24. The minimum absolute atomic E-state index is 0.0786. The summed E-state index contributed by atoms with van der Waals surface area (Å²) in [7, 11) is -3.22. The van der Waals surface area contributed by atoms with Crippen molar-refractivity contribution in [3.8, 4) is 0 Å². The number of sulfonamides is 1. The van der Waals surface area contributed by atoms with Gasteiger partial charge in [-0.05, 0) is 36.3 Å². The van der Waals surface area contributed by atoms with Crippen LogP contribution in [0.3, 0.4) is 0 Å². The lowest BCUT2D eigenvalue weighted by Crippen LogP contribution is -2.33. The Balaban J connectivity index is 2.09. The smallest absolute Gasteiger partial charge is 0.218 e. The Bertz CT molecular complexity index is 543. The maximum Gasteiger partial charge on any atom is 0.218 e. The summed E-state index contributed by atoms with van der Waals surface area (Å²) in [6.07, 6.45) is 3.04. The molecule has 1 aromatic carbocycles. The summed E-state index contributed by atoms with van der Waals surface area (Å²) in [5, 5.41) is 0. The molecule has 0 aromatic heterocycles. The van der Waals surface area contributed by atoms with Crippen LogP contribution in [0.5, 0.6) is 0 Å². The second kappa shape index (κ2) is 6.70. The van der Waals surface area contributed by atoms with Crippen molar-refractivity contribution >= 4 is 10.0 Å². The fraction of sp³-hybridized carbons (Fsp3) is 0.600. The van der Waals surface area contributed by atoms with E-state index in [4.69, 9.17) is 5.73 Å². The third kappa shape index (κ3) is 4.04. The summed E-state index contributed by atoms with van der Waals surface area (Å²) in [6.45, 7) is 3.94. The molecule has 1 fully saturated rings. The van der Waals surface area contributed by atoms with Crippen LogP contribution in [0.1, 0.15) is 37.3 Å². The normalized spacial score (nSPS) is 21.6. The van der Waals surface area contributed by atoms with Crippen molar-refractivity contribution in [1.82, 2.24) is 4.31 Å². The highest BCUT2D eigenvalue weighted by atomic mass is 32.2. The summed E-state index contributed by atoms with van der Waals surface area (Å²) < 4.78 is 26.7. The van der Waals surface area contributed by atoms with Gasteiger partial charge in [-0.3, -0.25) is 0 Å². The topological polar surface area (TPSA) is 63.4 Å². The van der Waals surface area contributed by atoms with E-state index in [0.717, 1.165) is 30.4 Å². The van der Waals surface area contributed by atoms with Gasteiger partial charge in [-0.25, -0.2) is 12.7 Å². The Morgan fingerprint density at radius 3 is 2.75 bits per heavy atom. The van der Waals surface area contributed by atoms with Crippen LogP contribution in [0.4, 0.5) is 0 Å². The molecular weight excluding hydrogens is 272 g/mol. The Morgan fingerprint density at radius 1 is 1.25 bits per heavy atom. The molecule has 0 saturated carbocycles. The SMILES string of the molecule is CC1CCCN(S(=O)(=O)Cc2cccc(CN)c2)CC1. The molecule has 1 heterocycles. The van der Waals surface area contributed by atoms with Crippen LogP contribution in [-0.4, -0.2) is 25.8 Å². The van der Waals surface area contributed by atoms with Gasteiger partial charge in [0.1, 0.15) is 0 Å². The molecule has 1 unspecified atom stereocenters. The van der Waals surface area contributed by atoms with Crippen LogP contribution in [0.2, 0.25) is 0 Å². The van der Waals surface area contributed by atoms with Gasteiger partial charge in [0.2, 0.25) is 10.0 Å². The molecule has 1 aliphatic heterocycles. The molecule has 2 rings (SSSR count). The Hall–Kier alpha value is -0.910. The van der Waals surface area contributed by atoms with Crippen molar-refractivity contribution in [2.45, 2.75) is 38.5 Å². The molecule has 0 bridgehead atoms. The predicted octanol–water partition coefficient (Wildman–Crippen LogP) is 2.10. The molecule has 0 spiro atoms. The van der Waals surface area contributed by atoms with E-state index in [9.17, 15) is 8.42 Å². The number of benzene rings is 1. The Morgan fingerprint density at radius 2 is 2.00 bits per heavy atom. The molecule has 112 valence electrons. The third-order valence-electron chi connectivity index (χ3n) is 3.95. The summed E-state index contributed by atoms with van der Waals surface area (Å²) >= 11 is 0. The minimum atomic E-state index is -3.22.